The molecule has 0 aromatic carbocycles. The Kier molecular flexibility index (Phi) is 15.9. The zero-order valence-electron chi connectivity index (χ0n) is 19.9. The van der Waals surface area contributed by atoms with Crippen LogP contribution in [0, 0.1) is 5.92 Å². The second-order valence-electron chi connectivity index (χ2n) is 8.65. The van der Waals surface area contributed by atoms with E-state index in [0.29, 0.717) is 13.0 Å². The lowest BCUT2D eigenvalue weighted by atomic mass is 9.97. The summed E-state index contributed by atoms with van der Waals surface area (Å²) in [5.74, 6) is 0.544. The molecule has 0 saturated heterocycles. The van der Waals surface area contributed by atoms with Crippen LogP contribution in [0.5, 0.6) is 0 Å². The second kappa shape index (κ2) is 16.2. The minimum Gasteiger partial charge on any atom is -0.461 e. The molecule has 0 aliphatic carbocycles. The van der Waals surface area contributed by atoms with Gasteiger partial charge in [0.15, 0.2) is 5.60 Å². The van der Waals surface area contributed by atoms with Gasteiger partial charge in [0, 0.05) is 6.61 Å². The molecule has 0 heterocycles. The summed E-state index contributed by atoms with van der Waals surface area (Å²) in [6.07, 6.45) is 11.7. The number of unbranched alkanes of at least 4 members (excludes halogenated alkanes) is 4. The first-order valence-corrected chi connectivity index (χ1v) is 11.8. The highest BCUT2D eigenvalue weighted by atomic mass is 16.6. The lowest BCUT2D eigenvalue weighted by Gasteiger charge is -2.27. The molecule has 0 N–H and O–H groups in total. The van der Waals surface area contributed by atoms with Crippen molar-refractivity contribution in [1.82, 2.24) is 0 Å². The minimum atomic E-state index is -0.858. The molecule has 4 nitrogen and oxygen atoms in total. The molecule has 0 aromatic rings. The summed E-state index contributed by atoms with van der Waals surface area (Å²) in [6, 6.07) is 0. The number of esters is 1. The molecular formula is C24H48O4. The highest BCUT2D eigenvalue weighted by molar-refractivity contribution is 5.79. The molecular weight excluding hydrogens is 352 g/mol. The Labute approximate surface area is 175 Å². The maximum absolute atomic E-state index is 12.5. The van der Waals surface area contributed by atoms with E-state index in [1.54, 1.807) is 0 Å². The molecule has 4 unspecified atom stereocenters. The van der Waals surface area contributed by atoms with Crippen molar-refractivity contribution in [2.75, 3.05) is 13.2 Å². The van der Waals surface area contributed by atoms with Gasteiger partial charge in [-0.15, -0.1) is 0 Å². The first-order valence-electron chi connectivity index (χ1n) is 11.8. The Morgan fingerprint density at radius 2 is 1.54 bits per heavy atom. The summed E-state index contributed by atoms with van der Waals surface area (Å²) in [6.45, 7) is 15.4. The number of carbonyl (C=O) groups is 1. The topological polar surface area (TPSA) is 44.8 Å². The van der Waals surface area contributed by atoms with E-state index in [-0.39, 0.29) is 24.8 Å². The Hall–Kier alpha value is -0.610. The van der Waals surface area contributed by atoms with Crippen molar-refractivity contribution in [3.05, 3.63) is 0 Å². The van der Waals surface area contributed by atoms with Crippen LogP contribution in [0.25, 0.3) is 0 Å². The Balaban J connectivity index is 4.01. The molecule has 0 radical (unpaired) electrons. The minimum absolute atomic E-state index is 0.0978. The Bertz CT molecular complexity index is 385. The SMILES string of the molecule is CCCCCC(C)CCCCCOC(C)(CC)C(=O)OCC(C)OC(C)CC. The van der Waals surface area contributed by atoms with Gasteiger partial charge in [0.25, 0.3) is 0 Å². The van der Waals surface area contributed by atoms with Crippen molar-refractivity contribution < 1.29 is 19.0 Å². The molecule has 4 atom stereocenters. The monoisotopic (exact) mass is 400 g/mol. The maximum Gasteiger partial charge on any atom is 0.338 e. The van der Waals surface area contributed by atoms with Gasteiger partial charge in [0.05, 0.1) is 12.2 Å². The molecule has 168 valence electrons. The predicted octanol–water partition coefficient (Wildman–Crippen LogP) is 6.70. The first-order chi connectivity index (χ1) is 13.3. The molecule has 4 heteroatoms. The third kappa shape index (κ3) is 12.8. The predicted molar refractivity (Wildman–Crippen MR) is 118 cm³/mol. The third-order valence-electron chi connectivity index (χ3n) is 5.66. The fourth-order valence-corrected chi connectivity index (χ4v) is 3.14. The summed E-state index contributed by atoms with van der Waals surface area (Å²) in [4.78, 5) is 12.5. The molecule has 0 spiro atoms. The fraction of sp³-hybridized carbons (Fsp3) is 0.958. The van der Waals surface area contributed by atoms with Gasteiger partial charge in [-0.1, -0.05) is 72.6 Å². The summed E-state index contributed by atoms with van der Waals surface area (Å²) in [5.41, 5.74) is -0.858. The quantitative estimate of drug-likeness (QED) is 0.190. The number of hydrogen-bond donors (Lipinski definition) is 0. The van der Waals surface area contributed by atoms with E-state index < -0.39 is 5.60 Å². The van der Waals surface area contributed by atoms with Crippen LogP contribution in [0.2, 0.25) is 0 Å². The maximum atomic E-state index is 12.5. The number of hydrogen-bond acceptors (Lipinski definition) is 4. The lowest BCUT2D eigenvalue weighted by Crippen LogP contribution is -2.41. The number of ether oxygens (including phenoxy) is 3. The summed E-state index contributed by atoms with van der Waals surface area (Å²) < 4.78 is 17.2. The van der Waals surface area contributed by atoms with Crippen LogP contribution < -0.4 is 0 Å². The number of rotatable bonds is 18. The van der Waals surface area contributed by atoms with E-state index in [4.69, 9.17) is 14.2 Å². The zero-order chi connectivity index (χ0) is 21.4. The highest BCUT2D eigenvalue weighted by Gasteiger charge is 2.34. The molecule has 28 heavy (non-hydrogen) atoms. The van der Waals surface area contributed by atoms with Crippen molar-refractivity contribution in [1.29, 1.82) is 0 Å². The molecule has 0 bridgehead atoms. The standard InChI is InChI=1S/C24H48O4/c1-8-11-13-16-20(4)17-14-12-15-18-27-24(7,10-3)23(25)26-19-22(6)28-21(5)9-2/h20-22H,8-19H2,1-7H3. The first kappa shape index (κ1) is 27.4. The molecule has 0 saturated carbocycles. The molecule has 0 aliphatic heterocycles. The Morgan fingerprint density at radius 3 is 2.11 bits per heavy atom. The summed E-state index contributed by atoms with van der Waals surface area (Å²) >= 11 is 0. The van der Waals surface area contributed by atoms with Crippen LogP contribution >= 0.6 is 0 Å². The lowest BCUT2D eigenvalue weighted by molar-refractivity contribution is -0.175. The van der Waals surface area contributed by atoms with Gasteiger partial charge in [-0.3, -0.25) is 0 Å². The highest BCUT2D eigenvalue weighted by Crippen LogP contribution is 2.20. The van der Waals surface area contributed by atoms with Gasteiger partial charge in [0.1, 0.15) is 6.61 Å². The molecule has 0 amide bonds. The van der Waals surface area contributed by atoms with Gasteiger partial charge >= 0.3 is 5.97 Å². The summed E-state index contributed by atoms with van der Waals surface area (Å²) in [7, 11) is 0. The molecule has 0 aliphatic rings. The van der Waals surface area contributed by atoms with E-state index in [1.165, 1.54) is 38.5 Å². The van der Waals surface area contributed by atoms with Crippen molar-refractivity contribution in [2.45, 2.75) is 130 Å². The van der Waals surface area contributed by atoms with Crippen molar-refractivity contribution in [3.63, 3.8) is 0 Å². The van der Waals surface area contributed by atoms with Crippen LogP contribution in [0.4, 0.5) is 0 Å². The van der Waals surface area contributed by atoms with Gasteiger partial charge in [-0.25, -0.2) is 4.79 Å². The average Bonchev–Trinajstić information content (AvgIpc) is 2.68. The third-order valence-corrected chi connectivity index (χ3v) is 5.66. The molecule has 0 aromatic heterocycles. The largest absolute Gasteiger partial charge is 0.461 e. The smallest absolute Gasteiger partial charge is 0.338 e. The van der Waals surface area contributed by atoms with Crippen LogP contribution in [0.15, 0.2) is 0 Å². The normalized spacial score (nSPS) is 17.0. The zero-order valence-corrected chi connectivity index (χ0v) is 19.9. The van der Waals surface area contributed by atoms with Crippen LogP contribution in [-0.2, 0) is 19.0 Å². The van der Waals surface area contributed by atoms with E-state index >= 15 is 0 Å². The number of carbonyl (C=O) groups excluding carboxylic acids is 1. The van der Waals surface area contributed by atoms with Gasteiger partial charge < -0.3 is 14.2 Å². The van der Waals surface area contributed by atoms with Crippen LogP contribution in [0.3, 0.4) is 0 Å². The van der Waals surface area contributed by atoms with E-state index in [9.17, 15) is 4.79 Å². The van der Waals surface area contributed by atoms with Crippen LogP contribution in [0.1, 0.15) is 113 Å². The van der Waals surface area contributed by atoms with Crippen molar-refractivity contribution >= 4 is 5.97 Å². The fourth-order valence-electron chi connectivity index (χ4n) is 3.14. The van der Waals surface area contributed by atoms with Gasteiger partial charge in [0.2, 0.25) is 0 Å². The van der Waals surface area contributed by atoms with Crippen molar-refractivity contribution in [3.8, 4) is 0 Å². The average molecular weight is 401 g/mol. The molecule has 0 fully saturated rings. The van der Waals surface area contributed by atoms with E-state index in [2.05, 4.69) is 20.8 Å². The summed E-state index contributed by atoms with van der Waals surface area (Å²) in [5, 5.41) is 0. The second-order valence-corrected chi connectivity index (χ2v) is 8.65. The molecule has 0 rings (SSSR count). The Morgan fingerprint density at radius 1 is 0.893 bits per heavy atom. The van der Waals surface area contributed by atoms with Gasteiger partial charge in [-0.2, -0.15) is 0 Å². The van der Waals surface area contributed by atoms with E-state index in [0.717, 1.165) is 25.2 Å². The van der Waals surface area contributed by atoms with Crippen LogP contribution in [-0.4, -0.2) is 37.0 Å². The van der Waals surface area contributed by atoms with Gasteiger partial charge in [-0.05, 0) is 46.0 Å². The van der Waals surface area contributed by atoms with E-state index in [1.807, 2.05) is 27.7 Å². The van der Waals surface area contributed by atoms with Crippen molar-refractivity contribution in [2.24, 2.45) is 5.92 Å².